The highest BCUT2D eigenvalue weighted by Crippen LogP contribution is 2.36. The van der Waals surface area contributed by atoms with Gasteiger partial charge in [0.2, 0.25) is 0 Å². The second kappa shape index (κ2) is 9.88. The van der Waals surface area contributed by atoms with Gasteiger partial charge in [0.25, 0.3) is 11.5 Å². The number of aromatic nitrogens is 1. The van der Waals surface area contributed by atoms with Crippen LogP contribution in [0, 0.1) is 24.2 Å². The van der Waals surface area contributed by atoms with Gasteiger partial charge in [-0.2, -0.15) is 5.26 Å². The summed E-state index contributed by atoms with van der Waals surface area (Å²) < 4.78 is 1.88. The van der Waals surface area contributed by atoms with Crippen LogP contribution in [0.25, 0.3) is 6.08 Å². The molecule has 3 rings (SSSR count). The largest absolute Gasteiger partial charge is 0.481 e. The summed E-state index contributed by atoms with van der Waals surface area (Å²) in [7, 11) is 1.66. The number of hydrogen-bond donors (Lipinski definition) is 1. The van der Waals surface area contributed by atoms with Crippen molar-refractivity contribution < 1.29 is 14.7 Å². The Bertz CT molecular complexity index is 1100. The molecule has 2 saturated heterocycles. The number of pyridine rings is 1. The fraction of sp³-hybridized carbons (Fsp3) is 0.500. The summed E-state index contributed by atoms with van der Waals surface area (Å²) in [5, 5.41) is 18.4. The number of amides is 1. The predicted octanol–water partition coefficient (Wildman–Crippen LogP) is 2.87. The van der Waals surface area contributed by atoms with Gasteiger partial charge in [0.1, 0.15) is 21.8 Å². The van der Waals surface area contributed by atoms with E-state index in [0.717, 1.165) is 37.7 Å². The molecular formula is C22H26N4O4S2. The van der Waals surface area contributed by atoms with E-state index in [9.17, 15) is 19.6 Å². The van der Waals surface area contributed by atoms with Crippen LogP contribution in [0.4, 0.5) is 5.82 Å². The zero-order valence-corrected chi connectivity index (χ0v) is 20.0. The van der Waals surface area contributed by atoms with Gasteiger partial charge in [-0.05, 0) is 43.7 Å². The minimum absolute atomic E-state index is 0.0428. The number of nitriles is 1. The predicted molar refractivity (Wildman–Crippen MR) is 128 cm³/mol. The van der Waals surface area contributed by atoms with Crippen molar-refractivity contribution in [1.29, 1.82) is 5.26 Å². The lowest BCUT2D eigenvalue weighted by molar-refractivity contribution is -0.137. The Morgan fingerprint density at radius 2 is 2.12 bits per heavy atom. The molecule has 8 nitrogen and oxygen atoms in total. The molecule has 1 unspecified atom stereocenters. The third-order valence-corrected chi connectivity index (χ3v) is 7.22. The minimum Gasteiger partial charge on any atom is -0.481 e. The van der Waals surface area contributed by atoms with E-state index >= 15 is 0 Å². The van der Waals surface area contributed by atoms with Crippen molar-refractivity contribution in [3.05, 3.63) is 31.9 Å². The average molecular weight is 475 g/mol. The molecule has 0 aromatic carbocycles. The quantitative estimate of drug-likeness (QED) is 0.496. The number of hydrogen-bond acceptors (Lipinski definition) is 7. The van der Waals surface area contributed by atoms with Crippen LogP contribution < -0.4 is 10.5 Å². The second-order valence-electron chi connectivity index (χ2n) is 8.24. The van der Waals surface area contributed by atoms with E-state index in [1.165, 1.54) is 9.47 Å². The van der Waals surface area contributed by atoms with Crippen LogP contribution in [-0.2, 0) is 16.6 Å². The maximum atomic E-state index is 13.0. The first kappa shape index (κ1) is 24.0. The molecule has 0 radical (unpaired) electrons. The van der Waals surface area contributed by atoms with Crippen molar-refractivity contribution in [3.8, 4) is 6.07 Å². The number of carbonyl (C=O) groups excluding carboxylic acids is 1. The monoisotopic (exact) mass is 474 g/mol. The Balaban J connectivity index is 2.06. The van der Waals surface area contributed by atoms with Crippen LogP contribution in [0.15, 0.2) is 9.70 Å². The molecule has 1 aromatic heterocycles. The summed E-state index contributed by atoms with van der Waals surface area (Å²) in [6.45, 7) is 5.72. The smallest absolute Gasteiger partial charge is 0.303 e. The van der Waals surface area contributed by atoms with Crippen molar-refractivity contribution in [3.63, 3.8) is 0 Å². The molecule has 1 amide bonds. The summed E-state index contributed by atoms with van der Waals surface area (Å²) in [5.74, 6) is -0.0318. The van der Waals surface area contributed by atoms with Crippen LogP contribution in [0.3, 0.4) is 0 Å². The van der Waals surface area contributed by atoms with Crippen LogP contribution in [0.1, 0.15) is 49.3 Å². The number of piperidine rings is 1. The summed E-state index contributed by atoms with van der Waals surface area (Å²) in [4.78, 5) is 40.6. The fourth-order valence-electron chi connectivity index (χ4n) is 4.19. The number of carboxylic acids is 1. The van der Waals surface area contributed by atoms with Crippen molar-refractivity contribution in [1.82, 2.24) is 9.47 Å². The number of rotatable bonds is 6. The molecule has 10 heteroatoms. The Labute approximate surface area is 196 Å². The maximum absolute atomic E-state index is 13.0. The van der Waals surface area contributed by atoms with E-state index < -0.39 is 5.97 Å². The summed E-state index contributed by atoms with van der Waals surface area (Å²) in [6.07, 6.45) is 4.10. The summed E-state index contributed by atoms with van der Waals surface area (Å²) >= 11 is 6.51. The van der Waals surface area contributed by atoms with Gasteiger partial charge in [0.05, 0.1) is 4.91 Å². The Morgan fingerprint density at radius 1 is 1.41 bits per heavy atom. The molecule has 2 fully saturated rings. The fourth-order valence-corrected chi connectivity index (χ4v) is 5.48. The van der Waals surface area contributed by atoms with E-state index in [1.54, 1.807) is 20.0 Å². The Hall–Kier alpha value is -2.64. The molecular weight excluding hydrogens is 448 g/mol. The molecule has 0 spiro atoms. The Morgan fingerprint density at radius 3 is 2.75 bits per heavy atom. The normalized spacial score (nSPS) is 20.2. The molecule has 0 saturated carbocycles. The molecule has 2 aliphatic rings. The van der Waals surface area contributed by atoms with Crippen LogP contribution >= 0.6 is 24.0 Å². The summed E-state index contributed by atoms with van der Waals surface area (Å²) in [6, 6.07) is 2.01. The van der Waals surface area contributed by atoms with Gasteiger partial charge in [0.15, 0.2) is 0 Å². The molecule has 3 heterocycles. The molecule has 2 aliphatic heterocycles. The lowest BCUT2D eigenvalue weighted by Gasteiger charge is -2.35. The third kappa shape index (κ3) is 4.74. The number of carbonyl (C=O) groups is 2. The average Bonchev–Trinajstić information content (AvgIpc) is 2.99. The molecule has 0 aliphatic carbocycles. The van der Waals surface area contributed by atoms with Crippen molar-refractivity contribution in [2.24, 2.45) is 13.0 Å². The van der Waals surface area contributed by atoms with Gasteiger partial charge in [-0.25, -0.2) is 0 Å². The standard InChI is InChI=1S/C22H26N4O4S2/c1-13-6-4-8-25(12-13)19-15(14(2)16(11-23)20(29)24(19)3)10-17-21(30)26(22(31)32-17)9-5-7-18(27)28/h10,13H,4-9,12H2,1-3H3,(H,27,28). The summed E-state index contributed by atoms with van der Waals surface area (Å²) in [5.41, 5.74) is 0.921. The molecule has 170 valence electrons. The van der Waals surface area contributed by atoms with Gasteiger partial charge in [-0.3, -0.25) is 23.9 Å². The van der Waals surface area contributed by atoms with E-state index in [4.69, 9.17) is 17.3 Å². The highest BCUT2D eigenvalue weighted by molar-refractivity contribution is 8.26. The highest BCUT2D eigenvalue weighted by atomic mass is 32.2. The molecule has 1 N–H and O–H groups in total. The molecule has 0 bridgehead atoms. The highest BCUT2D eigenvalue weighted by Gasteiger charge is 2.33. The lowest BCUT2D eigenvalue weighted by atomic mass is 9.98. The molecule has 32 heavy (non-hydrogen) atoms. The van der Waals surface area contributed by atoms with E-state index in [-0.39, 0.29) is 30.0 Å². The first-order chi connectivity index (χ1) is 15.1. The van der Waals surface area contributed by atoms with Gasteiger partial charge in [0, 0.05) is 38.7 Å². The van der Waals surface area contributed by atoms with Crippen molar-refractivity contribution >= 4 is 52.1 Å². The number of carboxylic acid groups (broad SMARTS) is 1. The van der Waals surface area contributed by atoms with Crippen molar-refractivity contribution in [2.75, 3.05) is 24.5 Å². The molecule has 1 atom stereocenters. The third-order valence-electron chi connectivity index (χ3n) is 5.85. The van der Waals surface area contributed by atoms with E-state index in [1.807, 2.05) is 6.07 Å². The number of thioether (sulfide) groups is 1. The van der Waals surface area contributed by atoms with Crippen LogP contribution in [0.2, 0.25) is 0 Å². The van der Waals surface area contributed by atoms with Crippen molar-refractivity contribution in [2.45, 2.75) is 39.5 Å². The zero-order chi connectivity index (χ0) is 23.6. The SMILES string of the molecule is Cc1c(C=C2SC(=S)N(CCCC(=O)O)C2=O)c(N2CCCC(C)C2)n(C)c(=O)c1C#N. The van der Waals surface area contributed by atoms with Crippen LogP contribution in [-0.4, -0.2) is 50.4 Å². The molecule has 1 aromatic rings. The van der Waals surface area contributed by atoms with E-state index in [2.05, 4.69) is 11.8 Å². The number of anilines is 1. The van der Waals surface area contributed by atoms with Gasteiger partial charge >= 0.3 is 5.97 Å². The first-order valence-corrected chi connectivity index (χ1v) is 11.7. The maximum Gasteiger partial charge on any atom is 0.303 e. The lowest BCUT2D eigenvalue weighted by Crippen LogP contribution is -2.39. The van der Waals surface area contributed by atoms with Gasteiger partial charge in [-0.1, -0.05) is 30.9 Å². The number of aliphatic carboxylic acids is 1. The second-order valence-corrected chi connectivity index (χ2v) is 9.91. The van der Waals surface area contributed by atoms with Gasteiger partial charge in [-0.15, -0.1) is 0 Å². The van der Waals surface area contributed by atoms with E-state index in [0.29, 0.717) is 38.5 Å². The number of nitrogens with zero attached hydrogens (tertiary/aromatic N) is 4. The van der Waals surface area contributed by atoms with Gasteiger partial charge < -0.3 is 10.0 Å². The Kier molecular flexibility index (Phi) is 7.41. The topological polar surface area (TPSA) is 107 Å². The minimum atomic E-state index is -0.920. The first-order valence-electron chi connectivity index (χ1n) is 10.5. The zero-order valence-electron chi connectivity index (χ0n) is 18.4. The van der Waals surface area contributed by atoms with Crippen LogP contribution in [0.5, 0.6) is 0 Å². The number of thiocarbonyl (C=S) groups is 1.